The normalized spacial score (nSPS) is 14.2. The predicted octanol–water partition coefficient (Wildman–Crippen LogP) is 4.61. The van der Waals surface area contributed by atoms with Crippen molar-refractivity contribution < 1.29 is 22.5 Å². The molecule has 4 rings (SSSR count). The van der Waals surface area contributed by atoms with Crippen molar-refractivity contribution in [2.45, 2.75) is 58.0 Å². The lowest BCUT2D eigenvalue weighted by molar-refractivity contribution is -0.147. The SMILES string of the molecule is Cc1noc(NS(=O)(=O)c2ccccc2-c2ccc(CN(C(=O)C3CC3)[C@H](C(=O)N(C)C)C(C)C)cc2)c1C. The first kappa shape index (κ1) is 28.4. The van der Waals surface area contributed by atoms with Crippen LogP contribution in [-0.4, -0.2) is 55.3 Å². The maximum atomic E-state index is 13.3. The second kappa shape index (κ2) is 11.2. The van der Waals surface area contributed by atoms with Crippen LogP contribution < -0.4 is 4.72 Å². The van der Waals surface area contributed by atoms with E-state index in [9.17, 15) is 18.0 Å². The molecule has 0 aliphatic heterocycles. The molecule has 3 aromatic rings. The van der Waals surface area contributed by atoms with Crippen LogP contribution in [0.5, 0.6) is 0 Å². The van der Waals surface area contributed by atoms with Gasteiger partial charge in [0.25, 0.3) is 10.0 Å². The Morgan fingerprint density at radius 3 is 2.23 bits per heavy atom. The van der Waals surface area contributed by atoms with Gasteiger partial charge >= 0.3 is 0 Å². The third-order valence-corrected chi connectivity index (χ3v) is 8.44. The van der Waals surface area contributed by atoms with Gasteiger partial charge in [-0.25, -0.2) is 13.1 Å². The van der Waals surface area contributed by atoms with E-state index < -0.39 is 16.1 Å². The lowest BCUT2D eigenvalue weighted by atomic mass is 9.98. The Bertz CT molecular complexity index is 1460. The fourth-order valence-electron chi connectivity index (χ4n) is 4.53. The zero-order valence-corrected chi connectivity index (χ0v) is 24.1. The Morgan fingerprint density at radius 2 is 1.69 bits per heavy atom. The summed E-state index contributed by atoms with van der Waals surface area (Å²) < 4.78 is 34.3. The van der Waals surface area contributed by atoms with Crippen LogP contribution >= 0.6 is 0 Å². The number of anilines is 1. The molecule has 1 aliphatic carbocycles. The largest absolute Gasteiger partial charge is 0.347 e. The molecule has 0 unspecified atom stereocenters. The molecule has 2 amide bonds. The Morgan fingerprint density at radius 1 is 1.05 bits per heavy atom. The van der Waals surface area contributed by atoms with E-state index in [1.165, 1.54) is 4.90 Å². The highest BCUT2D eigenvalue weighted by Crippen LogP contribution is 2.34. The summed E-state index contributed by atoms with van der Waals surface area (Å²) in [5.41, 5.74) is 3.32. The Balaban J connectivity index is 1.62. The van der Waals surface area contributed by atoms with Crippen LogP contribution in [0.2, 0.25) is 0 Å². The van der Waals surface area contributed by atoms with Crippen molar-refractivity contribution in [3.63, 3.8) is 0 Å². The van der Waals surface area contributed by atoms with Gasteiger partial charge in [0, 0.05) is 37.7 Å². The zero-order valence-electron chi connectivity index (χ0n) is 23.3. The monoisotopic (exact) mass is 552 g/mol. The number of aryl methyl sites for hydroxylation is 1. The second-order valence-electron chi connectivity index (χ2n) is 10.7. The molecule has 9 nitrogen and oxygen atoms in total. The van der Waals surface area contributed by atoms with Gasteiger partial charge < -0.3 is 14.3 Å². The number of rotatable bonds is 10. The van der Waals surface area contributed by atoms with Crippen LogP contribution in [-0.2, 0) is 26.2 Å². The van der Waals surface area contributed by atoms with E-state index in [1.54, 1.807) is 57.1 Å². The maximum Gasteiger partial charge on any atom is 0.264 e. The number of nitrogens with one attached hydrogen (secondary N) is 1. The summed E-state index contributed by atoms with van der Waals surface area (Å²) in [6.07, 6.45) is 1.70. The number of hydrogen-bond acceptors (Lipinski definition) is 6. The molecular formula is C29H36N4O5S. The first-order chi connectivity index (χ1) is 18.4. The number of aromatic nitrogens is 1. The van der Waals surface area contributed by atoms with Crippen LogP contribution in [0, 0.1) is 25.7 Å². The van der Waals surface area contributed by atoms with Crippen LogP contribution in [0.4, 0.5) is 5.88 Å². The molecule has 1 heterocycles. The molecule has 1 aliphatic rings. The smallest absolute Gasteiger partial charge is 0.264 e. The van der Waals surface area contributed by atoms with Crippen LogP contribution in [0.1, 0.15) is 43.5 Å². The summed E-state index contributed by atoms with van der Waals surface area (Å²) >= 11 is 0. The summed E-state index contributed by atoms with van der Waals surface area (Å²) in [5, 5.41) is 3.82. The fraction of sp³-hybridized carbons (Fsp3) is 0.414. The summed E-state index contributed by atoms with van der Waals surface area (Å²) in [6, 6.07) is 13.6. The number of carbonyl (C=O) groups excluding carboxylic acids is 2. The van der Waals surface area contributed by atoms with Gasteiger partial charge in [-0.15, -0.1) is 0 Å². The predicted molar refractivity (Wildman–Crippen MR) is 149 cm³/mol. The number of carbonyl (C=O) groups is 2. The van der Waals surface area contributed by atoms with Crippen LogP contribution in [0.3, 0.4) is 0 Å². The molecule has 208 valence electrons. The van der Waals surface area contributed by atoms with Crippen molar-refractivity contribution in [1.29, 1.82) is 0 Å². The van der Waals surface area contributed by atoms with Gasteiger partial charge in [0.15, 0.2) is 0 Å². The molecule has 0 saturated heterocycles. The molecule has 10 heteroatoms. The van der Waals surface area contributed by atoms with Gasteiger partial charge in [-0.2, -0.15) is 0 Å². The zero-order chi connectivity index (χ0) is 28.5. The molecule has 0 spiro atoms. The first-order valence-electron chi connectivity index (χ1n) is 13.1. The Labute approximate surface area is 230 Å². The topological polar surface area (TPSA) is 113 Å². The average Bonchev–Trinajstić information content (AvgIpc) is 3.70. The van der Waals surface area contributed by atoms with Crippen LogP contribution in [0.25, 0.3) is 11.1 Å². The van der Waals surface area contributed by atoms with E-state index in [0.29, 0.717) is 28.9 Å². The van der Waals surface area contributed by atoms with Gasteiger partial charge in [-0.3, -0.25) is 9.59 Å². The highest BCUT2D eigenvalue weighted by atomic mass is 32.2. The Hall–Kier alpha value is -3.66. The number of hydrogen-bond donors (Lipinski definition) is 1. The standard InChI is InChI=1S/C29H36N4O5S/c1-18(2)26(29(35)32(5)6)33(28(34)23-15-16-23)17-21-11-13-22(14-12-21)24-9-7-8-10-25(24)39(36,37)31-27-19(3)20(4)30-38-27/h7-14,18,23,26,31H,15-17H2,1-6H3/t26-/m0/s1. The van der Waals surface area contributed by atoms with Crippen molar-refractivity contribution >= 4 is 27.7 Å². The van der Waals surface area contributed by atoms with E-state index in [4.69, 9.17) is 4.52 Å². The molecule has 1 fully saturated rings. The maximum absolute atomic E-state index is 13.3. The number of nitrogens with zero attached hydrogens (tertiary/aromatic N) is 3. The van der Waals surface area contributed by atoms with Crippen molar-refractivity contribution in [3.05, 3.63) is 65.4 Å². The van der Waals surface area contributed by atoms with Crippen molar-refractivity contribution in [3.8, 4) is 11.1 Å². The van der Waals surface area contributed by atoms with Crippen molar-refractivity contribution in [2.75, 3.05) is 18.8 Å². The third kappa shape index (κ3) is 6.16. The van der Waals surface area contributed by atoms with Crippen LogP contribution in [0.15, 0.2) is 57.9 Å². The number of benzene rings is 2. The van der Waals surface area contributed by atoms with E-state index in [-0.39, 0.29) is 34.4 Å². The summed E-state index contributed by atoms with van der Waals surface area (Å²) in [4.78, 5) is 29.7. The van der Waals surface area contributed by atoms with Crippen molar-refractivity contribution in [2.24, 2.45) is 11.8 Å². The van der Waals surface area contributed by atoms with Crippen molar-refractivity contribution in [1.82, 2.24) is 15.0 Å². The molecule has 0 radical (unpaired) electrons. The quantitative estimate of drug-likeness (QED) is 0.393. The van der Waals surface area contributed by atoms with E-state index in [0.717, 1.165) is 18.4 Å². The van der Waals surface area contributed by atoms with Gasteiger partial charge in [0.1, 0.15) is 6.04 Å². The molecule has 1 aromatic heterocycles. The van der Waals surface area contributed by atoms with E-state index in [1.807, 2.05) is 38.1 Å². The van der Waals surface area contributed by atoms with Gasteiger partial charge in [-0.1, -0.05) is 61.5 Å². The first-order valence-corrected chi connectivity index (χ1v) is 14.5. The highest BCUT2D eigenvalue weighted by molar-refractivity contribution is 7.92. The minimum atomic E-state index is -3.96. The summed E-state index contributed by atoms with van der Waals surface area (Å²) in [6.45, 7) is 7.68. The second-order valence-corrected chi connectivity index (χ2v) is 12.3. The third-order valence-electron chi connectivity index (χ3n) is 7.05. The summed E-state index contributed by atoms with van der Waals surface area (Å²) in [7, 11) is -0.550. The lowest BCUT2D eigenvalue weighted by Gasteiger charge is -2.35. The number of sulfonamides is 1. The molecule has 0 bridgehead atoms. The summed E-state index contributed by atoms with van der Waals surface area (Å²) in [5.74, 6) is -0.0805. The number of likely N-dealkylation sites (N-methyl/N-ethyl adjacent to an activating group) is 1. The fourth-order valence-corrected chi connectivity index (χ4v) is 5.81. The van der Waals surface area contributed by atoms with E-state index >= 15 is 0 Å². The minimum Gasteiger partial charge on any atom is -0.347 e. The lowest BCUT2D eigenvalue weighted by Crippen LogP contribution is -2.52. The molecular weight excluding hydrogens is 516 g/mol. The van der Waals surface area contributed by atoms with Gasteiger partial charge in [-0.05, 0) is 49.8 Å². The van der Waals surface area contributed by atoms with Gasteiger partial charge in [0.05, 0.1) is 10.6 Å². The molecule has 1 saturated carbocycles. The highest BCUT2D eigenvalue weighted by Gasteiger charge is 2.40. The Kier molecular flexibility index (Phi) is 8.15. The van der Waals surface area contributed by atoms with E-state index in [2.05, 4.69) is 9.88 Å². The number of amides is 2. The molecule has 1 N–H and O–H groups in total. The molecule has 1 atom stereocenters. The molecule has 2 aromatic carbocycles. The average molecular weight is 553 g/mol. The molecule has 39 heavy (non-hydrogen) atoms. The minimum absolute atomic E-state index is 0.00781. The van der Waals surface area contributed by atoms with Gasteiger partial charge in [0.2, 0.25) is 17.7 Å².